The number of benzene rings is 2. The summed E-state index contributed by atoms with van der Waals surface area (Å²) in [6.45, 7) is 1.96. The van der Waals surface area contributed by atoms with Crippen LogP contribution in [0.4, 0.5) is 8.78 Å². The van der Waals surface area contributed by atoms with Crippen molar-refractivity contribution >= 4 is 11.6 Å². The maximum Gasteiger partial charge on any atom is 0.159 e. The van der Waals surface area contributed by atoms with Crippen molar-refractivity contribution in [3.63, 3.8) is 0 Å². The smallest absolute Gasteiger partial charge is 0.159 e. The minimum absolute atomic E-state index is 0.0325. The molecule has 0 radical (unpaired) electrons. The van der Waals surface area contributed by atoms with E-state index in [4.69, 9.17) is 11.6 Å². The summed E-state index contributed by atoms with van der Waals surface area (Å²) in [5.74, 6) is -1.61. The van der Waals surface area contributed by atoms with Gasteiger partial charge in [0.05, 0.1) is 0 Å². The van der Waals surface area contributed by atoms with E-state index in [0.717, 1.165) is 23.4 Å². The van der Waals surface area contributed by atoms with Crippen molar-refractivity contribution in [2.45, 2.75) is 31.8 Å². The Morgan fingerprint density at radius 3 is 2.57 bits per heavy atom. The van der Waals surface area contributed by atoms with E-state index in [-0.39, 0.29) is 6.04 Å². The van der Waals surface area contributed by atoms with Crippen LogP contribution in [0, 0.1) is 11.6 Å². The molecule has 0 aliphatic heterocycles. The summed E-state index contributed by atoms with van der Waals surface area (Å²) < 4.78 is 26.3. The molecule has 0 saturated heterocycles. The zero-order valence-corrected chi connectivity index (χ0v) is 12.4. The molecule has 1 nitrogen and oxygen atoms in total. The highest BCUT2D eigenvalue weighted by atomic mass is 35.5. The molecule has 0 fully saturated rings. The first kappa shape index (κ1) is 14.5. The largest absolute Gasteiger partial charge is 0.307 e. The van der Waals surface area contributed by atoms with Gasteiger partial charge in [0.15, 0.2) is 11.6 Å². The fourth-order valence-electron chi connectivity index (χ4n) is 2.94. The monoisotopic (exact) mass is 307 g/mol. The lowest BCUT2D eigenvalue weighted by atomic mass is 10.1. The molecule has 0 saturated carbocycles. The second kappa shape index (κ2) is 5.74. The van der Waals surface area contributed by atoms with Gasteiger partial charge in [0.2, 0.25) is 0 Å². The van der Waals surface area contributed by atoms with Gasteiger partial charge in [0.1, 0.15) is 0 Å². The van der Waals surface area contributed by atoms with Crippen LogP contribution >= 0.6 is 11.6 Å². The van der Waals surface area contributed by atoms with Gasteiger partial charge in [-0.3, -0.25) is 0 Å². The van der Waals surface area contributed by atoms with Crippen LogP contribution in [0.15, 0.2) is 36.4 Å². The Balaban J connectivity index is 1.69. The van der Waals surface area contributed by atoms with Crippen LogP contribution in [0.25, 0.3) is 0 Å². The zero-order chi connectivity index (χ0) is 15.0. The van der Waals surface area contributed by atoms with Gasteiger partial charge in [0, 0.05) is 17.1 Å². The average Bonchev–Trinajstić information content (AvgIpc) is 2.83. The first-order valence-electron chi connectivity index (χ1n) is 7.01. The molecule has 3 rings (SSSR count). The minimum Gasteiger partial charge on any atom is -0.307 e. The van der Waals surface area contributed by atoms with Gasteiger partial charge in [-0.25, -0.2) is 8.78 Å². The van der Waals surface area contributed by atoms with Gasteiger partial charge in [-0.1, -0.05) is 23.7 Å². The van der Waals surface area contributed by atoms with Crippen molar-refractivity contribution in [2.24, 2.45) is 0 Å². The van der Waals surface area contributed by atoms with E-state index in [1.54, 1.807) is 6.07 Å². The third-order valence-corrected chi connectivity index (χ3v) is 4.27. The SMILES string of the molecule is CC(NC1Cc2ccc(Cl)cc2C1)c1ccc(F)c(F)c1. The Kier molecular flexibility index (Phi) is 3.96. The molecule has 0 bridgehead atoms. The Morgan fingerprint density at radius 1 is 1.05 bits per heavy atom. The first-order valence-corrected chi connectivity index (χ1v) is 7.39. The maximum absolute atomic E-state index is 13.3. The molecule has 0 aromatic heterocycles. The van der Waals surface area contributed by atoms with Gasteiger partial charge in [-0.2, -0.15) is 0 Å². The molecule has 2 unspecified atom stereocenters. The fourth-order valence-corrected chi connectivity index (χ4v) is 3.13. The standard InChI is InChI=1S/C17H16ClF2N/c1-10(11-3-5-16(19)17(20)9-11)21-15-7-12-2-4-14(18)6-13(12)8-15/h2-6,9-10,15,21H,7-8H2,1H3. The highest BCUT2D eigenvalue weighted by molar-refractivity contribution is 6.30. The Labute approximate surface area is 127 Å². The Morgan fingerprint density at radius 2 is 1.81 bits per heavy atom. The van der Waals surface area contributed by atoms with Crippen molar-refractivity contribution in [1.29, 1.82) is 0 Å². The van der Waals surface area contributed by atoms with Crippen LogP contribution in [-0.4, -0.2) is 6.04 Å². The van der Waals surface area contributed by atoms with Crippen molar-refractivity contribution in [3.8, 4) is 0 Å². The van der Waals surface area contributed by atoms with Crippen molar-refractivity contribution in [1.82, 2.24) is 5.32 Å². The van der Waals surface area contributed by atoms with Crippen LogP contribution in [0.3, 0.4) is 0 Å². The molecule has 2 atom stereocenters. The average molecular weight is 308 g/mol. The van der Waals surface area contributed by atoms with Gasteiger partial charge < -0.3 is 5.32 Å². The lowest BCUT2D eigenvalue weighted by molar-refractivity contribution is 0.460. The summed E-state index contributed by atoms with van der Waals surface area (Å²) in [5, 5.41) is 4.23. The molecular weight excluding hydrogens is 292 g/mol. The van der Waals surface area contributed by atoms with Gasteiger partial charge in [-0.05, 0) is 60.7 Å². The lowest BCUT2D eigenvalue weighted by Gasteiger charge is -2.19. The Hall–Kier alpha value is -1.45. The molecule has 4 heteroatoms. The van der Waals surface area contributed by atoms with Crippen LogP contribution in [-0.2, 0) is 12.8 Å². The normalized spacial score (nSPS) is 18.6. The number of fused-ring (bicyclic) bond motifs is 1. The summed E-state index contributed by atoms with van der Waals surface area (Å²) in [4.78, 5) is 0. The number of hydrogen-bond donors (Lipinski definition) is 1. The molecule has 1 aliphatic carbocycles. The van der Waals surface area contributed by atoms with E-state index in [9.17, 15) is 8.78 Å². The summed E-state index contributed by atoms with van der Waals surface area (Å²) in [7, 11) is 0. The highest BCUT2D eigenvalue weighted by Gasteiger charge is 2.23. The molecule has 2 aromatic carbocycles. The van der Waals surface area contributed by atoms with Crippen molar-refractivity contribution in [3.05, 3.63) is 69.7 Å². The van der Waals surface area contributed by atoms with Gasteiger partial charge in [-0.15, -0.1) is 0 Å². The predicted octanol–water partition coefficient (Wildman–Crippen LogP) is 4.44. The molecule has 0 amide bonds. The quantitative estimate of drug-likeness (QED) is 0.884. The van der Waals surface area contributed by atoms with E-state index >= 15 is 0 Å². The molecule has 21 heavy (non-hydrogen) atoms. The molecule has 2 aromatic rings. The molecule has 110 valence electrons. The van der Waals surface area contributed by atoms with Crippen molar-refractivity contribution in [2.75, 3.05) is 0 Å². The lowest BCUT2D eigenvalue weighted by Crippen LogP contribution is -2.32. The fraction of sp³-hybridized carbons (Fsp3) is 0.294. The predicted molar refractivity (Wildman–Crippen MR) is 80.6 cm³/mol. The van der Waals surface area contributed by atoms with Crippen LogP contribution in [0.2, 0.25) is 5.02 Å². The van der Waals surface area contributed by atoms with Crippen LogP contribution < -0.4 is 5.32 Å². The van der Waals surface area contributed by atoms with Crippen LogP contribution in [0.5, 0.6) is 0 Å². The minimum atomic E-state index is -0.811. The number of halogens is 3. The highest BCUT2D eigenvalue weighted by Crippen LogP contribution is 2.27. The van der Waals surface area contributed by atoms with E-state index in [1.165, 1.54) is 23.3 Å². The maximum atomic E-state index is 13.3. The molecule has 1 aliphatic rings. The third-order valence-electron chi connectivity index (χ3n) is 4.03. The number of rotatable bonds is 3. The first-order chi connectivity index (χ1) is 10.0. The van der Waals surface area contributed by atoms with E-state index in [1.807, 2.05) is 19.1 Å². The van der Waals surface area contributed by atoms with Crippen molar-refractivity contribution < 1.29 is 8.78 Å². The molecule has 0 spiro atoms. The number of hydrogen-bond acceptors (Lipinski definition) is 1. The number of nitrogens with one attached hydrogen (secondary N) is 1. The summed E-state index contributed by atoms with van der Waals surface area (Å²) in [5.41, 5.74) is 3.31. The Bertz CT molecular complexity index is 672. The zero-order valence-electron chi connectivity index (χ0n) is 11.7. The molecular formula is C17H16ClF2N. The second-order valence-corrected chi connectivity index (χ2v) is 6.02. The topological polar surface area (TPSA) is 12.0 Å². The molecule has 1 N–H and O–H groups in total. The van der Waals surface area contributed by atoms with E-state index < -0.39 is 11.6 Å². The third kappa shape index (κ3) is 3.09. The van der Waals surface area contributed by atoms with E-state index in [2.05, 4.69) is 11.4 Å². The summed E-state index contributed by atoms with van der Waals surface area (Å²) in [6.07, 6.45) is 1.84. The van der Waals surface area contributed by atoms with Gasteiger partial charge >= 0.3 is 0 Å². The van der Waals surface area contributed by atoms with Gasteiger partial charge in [0.25, 0.3) is 0 Å². The van der Waals surface area contributed by atoms with Crippen LogP contribution in [0.1, 0.15) is 29.7 Å². The summed E-state index contributed by atoms with van der Waals surface area (Å²) in [6, 6.07) is 10.3. The molecule has 0 heterocycles. The van der Waals surface area contributed by atoms with E-state index in [0.29, 0.717) is 6.04 Å². The second-order valence-electron chi connectivity index (χ2n) is 5.58. The summed E-state index contributed by atoms with van der Waals surface area (Å²) >= 11 is 6.01.